The third kappa shape index (κ3) is 4.53. The number of fused-ring (bicyclic) bond motifs is 10. The van der Waals surface area contributed by atoms with Crippen molar-refractivity contribution >= 4 is 76.1 Å². The minimum Gasteiger partial charge on any atom is -0.309 e. The zero-order valence-corrected chi connectivity index (χ0v) is 30.3. The lowest BCUT2D eigenvalue weighted by atomic mass is 9.96. The summed E-state index contributed by atoms with van der Waals surface area (Å²) >= 11 is 0. The summed E-state index contributed by atoms with van der Waals surface area (Å²) in [5.41, 5.74) is 10.9. The highest BCUT2D eigenvalue weighted by Gasteiger charge is 2.20. The van der Waals surface area contributed by atoms with Gasteiger partial charge in [-0.05, 0) is 81.2 Å². The van der Waals surface area contributed by atoms with Crippen molar-refractivity contribution < 1.29 is 0 Å². The molecule has 0 bridgehead atoms. The number of nitrogens with zero attached hydrogens (tertiary/aromatic N) is 4. The molecular weight excluding hydrogens is 681 g/mol. The van der Waals surface area contributed by atoms with Crippen LogP contribution in [0.2, 0.25) is 0 Å². The first-order valence-electron chi connectivity index (χ1n) is 19.1. The Kier molecular flexibility index (Phi) is 6.60. The lowest BCUT2D eigenvalue weighted by Gasteiger charge is -2.15. The standard InChI is InChI=1S/C52H32N4/c1-2-16-37(17-3-1)55-46-23-10-9-21-41(46)44-31-35(27-30-48(44)55)36-25-28-42-40-20-8-11-24-47(40)56(49(42)32-36)52-53-45-29-26-34-14-5-7-19-39(34)50(45)51(54-52)43-22-12-15-33-13-4-6-18-38(33)43/h1-32H. The van der Waals surface area contributed by atoms with Crippen molar-refractivity contribution in [2.24, 2.45) is 0 Å². The number of aromatic nitrogens is 4. The van der Waals surface area contributed by atoms with Crippen LogP contribution in [-0.2, 0) is 0 Å². The highest BCUT2D eigenvalue weighted by Crippen LogP contribution is 2.40. The number of hydrogen-bond donors (Lipinski definition) is 0. The van der Waals surface area contributed by atoms with Crippen LogP contribution in [0, 0.1) is 0 Å². The molecule has 260 valence electrons. The lowest BCUT2D eigenvalue weighted by Crippen LogP contribution is -2.04. The molecule has 4 heteroatoms. The van der Waals surface area contributed by atoms with Crippen molar-refractivity contribution in [1.82, 2.24) is 19.1 Å². The normalized spacial score (nSPS) is 11.9. The topological polar surface area (TPSA) is 35.6 Å². The molecule has 0 spiro atoms. The van der Waals surface area contributed by atoms with Gasteiger partial charge in [0, 0.05) is 38.2 Å². The van der Waals surface area contributed by atoms with E-state index in [4.69, 9.17) is 9.97 Å². The van der Waals surface area contributed by atoms with Gasteiger partial charge in [0.1, 0.15) is 0 Å². The largest absolute Gasteiger partial charge is 0.309 e. The fourth-order valence-electron chi connectivity index (χ4n) is 8.99. The summed E-state index contributed by atoms with van der Waals surface area (Å²) in [4.78, 5) is 11.0. The second-order valence-electron chi connectivity index (χ2n) is 14.6. The van der Waals surface area contributed by atoms with E-state index in [0.29, 0.717) is 5.95 Å². The summed E-state index contributed by atoms with van der Waals surface area (Å²) in [5.74, 6) is 0.653. The molecule has 0 aliphatic rings. The maximum Gasteiger partial charge on any atom is 0.235 e. The van der Waals surface area contributed by atoms with E-state index in [2.05, 4.69) is 203 Å². The predicted octanol–water partition coefficient (Wildman–Crippen LogP) is 13.5. The van der Waals surface area contributed by atoms with Crippen LogP contribution in [-0.4, -0.2) is 19.1 Å². The Bertz CT molecular complexity index is 3530. The summed E-state index contributed by atoms with van der Waals surface area (Å²) < 4.78 is 4.63. The van der Waals surface area contributed by atoms with Gasteiger partial charge in [-0.1, -0.05) is 146 Å². The van der Waals surface area contributed by atoms with Crippen molar-refractivity contribution in [3.8, 4) is 34.0 Å². The van der Waals surface area contributed by atoms with Crippen LogP contribution < -0.4 is 0 Å². The number of para-hydroxylation sites is 3. The second kappa shape index (κ2) is 12.0. The molecule has 0 saturated heterocycles. The maximum absolute atomic E-state index is 5.57. The molecule has 0 saturated carbocycles. The first-order chi connectivity index (χ1) is 27.8. The van der Waals surface area contributed by atoms with E-state index in [-0.39, 0.29) is 0 Å². The van der Waals surface area contributed by atoms with Crippen LogP contribution in [0.25, 0.3) is 110 Å². The molecule has 0 atom stereocenters. The molecule has 0 aliphatic carbocycles. The van der Waals surface area contributed by atoms with E-state index in [1.807, 2.05) is 0 Å². The van der Waals surface area contributed by atoms with Crippen LogP contribution in [0.4, 0.5) is 0 Å². The molecule has 0 radical (unpaired) electrons. The molecule has 4 nitrogen and oxygen atoms in total. The van der Waals surface area contributed by atoms with E-state index in [1.54, 1.807) is 0 Å². The number of hydrogen-bond acceptors (Lipinski definition) is 2. The second-order valence-corrected chi connectivity index (χ2v) is 14.6. The predicted molar refractivity (Wildman–Crippen MR) is 234 cm³/mol. The van der Waals surface area contributed by atoms with Gasteiger partial charge in [-0.15, -0.1) is 0 Å². The van der Waals surface area contributed by atoms with Crippen LogP contribution >= 0.6 is 0 Å². The van der Waals surface area contributed by atoms with E-state index >= 15 is 0 Å². The quantitative estimate of drug-likeness (QED) is 0.170. The molecule has 0 N–H and O–H groups in total. The smallest absolute Gasteiger partial charge is 0.235 e. The highest BCUT2D eigenvalue weighted by atomic mass is 15.2. The Labute approximate surface area is 322 Å². The molecule has 0 unspecified atom stereocenters. The number of rotatable bonds is 4. The minimum atomic E-state index is 0.653. The van der Waals surface area contributed by atoms with E-state index in [9.17, 15) is 0 Å². The van der Waals surface area contributed by atoms with E-state index in [1.165, 1.54) is 48.7 Å². The lowest BCUT2D eigenvalue weighted by molar-refractivity contribution is 1.01. The molecule has 3 aromatic heterocycles. The average Bonchev–Trinajstić information content (AvgIpc) is 3.78. The zero-order valence-electron chi connectivity index (χ0n) is 30.3. The number of benzene rings is 9. The van der Waals surface area contributed by atoms with Gasteiger partial charge >= 0.3 is 0 Å². The Morgan fingerprint density at radius 1 is 0.339 bits per heavy atom. The molecule has 0 amide bonds. The average molecular weight is 713 g/mol. The molecular formula is C52H32N4. The third-order valence-corrected chi connectivity index (χ3v) is 11.5. The van der Waals surface area contributed by atoms with Crippen molar-refractivity contribution in [1.29, 1.82) is 0 Å². The van der Waals surface area contributed by atoms with Crippen molar-refractivity contribution in [2.75, 3.05) is 0 Å². The SMILES string of the molecule is c1ccc(-n2c3ccccc3c3cc(-c4ccc5c6ccccc6n(-c6nc(-c7cccc8ccccc78)c7c(ccc8ccccc87)n6)c5c4)ccc32)cc1. The summed E-state index contributed by atoms with van der Waals surface area (Å²) in [6.45, 7) is 0. The van der Waals surface area contributed by atoms with Gasteiger partial charge in [0.05, 0.1) is 33.3 Å². The highest BCUT2D eigenvalue weighted by molar-refractivity contribution is 6.16. The maximum atomic E-state index is 5.57. The van der Waals surface area contributed by atoms with Crippen LogP contribution in [0.15, 0.2) is 194 Å². The molecule has 56 heavy (non-hydrogen) atoms. The Balaban J connectivity index is 1.12. The van der Waals surface area contributed by atoms with E-state index < -0.39 is 0 Å². The monoisotopic (exact) mass is 712 g/mol. The van der Waals surface area contributed by atoms with Gasteiger partial charge < -0.3 is 4.57 Å². The Morgan fingerprint density at radius 3 is 1.75 bits per heavy atom. The fourth-order valence-corrected chi connectivity index (χ4v) is 8.99. The van der Waals surface area contributed by atoms with E-state index in [0.717, 1.165) is 55.4 Å². The molecule has 9 aromatic carbocycles. The van der Waals surface area contributed by atoms with Gasteiger partial charge in [-0.3, -0.25) is 4.57 Å². The van der Waals surface area contributed by atoms with Crippen LogP contribution in [0.3, 0.4) is 0 Å². The van der Waals surface area contributed by atoms with Crippen LogP contribution in [0.5, 0.6) is 0 Å². The fraction of sp³-hybridized carbons (Fsp3) is 0. The van der Waals surface area contributed by atoms with Gasteiger partial charge in [0.25, 0.3) is 0 Å². The van der Waals surface area contributed by atoms with Crippen LogP contribution in [0.1, 0.15) is 0 Å². The Morgan fingerprint density at radius 2 is 0.929 bits per heavy atom. The van der Waals surface area contributed by atoms with Gasteiger partial charge in [-0.2, -0.15) is 0 Å². The molecule has 12 aromatic rings. The molecule has 3 heterocycles. The molecule has 0 fully saturated rings. The summed E-state index contributed by atoms with van der Waals surface area (Å²) in [6, 6.07) is 69.6. The van der Waals surface area contributed by atoms with Gasteiger partial charge in [0.2, 0.25) is 5.95 Å². The van der Waals surface area contributed by atoms with Gasteiger partial charge in [-0.25, -0.2) is 9.97 Å². The van der Waals surface area contributed by atoms with Crippen molar-refractivity contribution in [2.45, 2.75) is 0 Å². The molecule has 12 rings (SSSR count). The summed E-state index contributed by atoms with van der Waals surface area (Å²) in [5, 5.41) is 10.5. The molecule has 0 aliphatic heterocycles. The summed E-state index contributed by atoms with van der Waals surface area (Å²) in [7, 11) is 0. The minimum absolute atomic E-state index is 0.653. The Hall–Kier alpha value is -7.56. The third-order valence-electron chi connectivity index (χ3n) is 11.5. The summed E-state index contributed by atoms with van der Waals surface area (Å²) in [6.07, 6.45) is 0. The van der Waals surface area contributed by atoms with Crippen molar-refractivity contribution in [3.63, 3.8) is 0 Å². The van der Waals surface area contributed by atoms with Crippen molar-refractivity contribution in [3.05, 3.63) is 194 Å². The first-order valence-corrected chi connectivity index (χ1v) is 19.1. The zero-order chi connectivity index (χ0) is 36.7. The first kappa shape index (κ1) is 30.9. The van der Waals surface area contributed by atoms with Gasteiger partial charge in [0.15, 0.2) is 0 Å².